The molecule has 0 aromatic rings. The van der Waals surface area contributed by atoms with Crippen LogP contribution in [0.2, 0.25) is 0 Å². The van der Waals surface area contributed by atoms with Crippen LogP contribution in [0.25, 0.3) is 0 Å². The Morgan fingerprint density at radius 2 is 1.60 bits per heavy atom. The zero-order chi connectivity index (χ0) is 8.58. The molecule has 0 radical (unpaired) electrons. The molecule has 0 spiro atoms. The van der Waals surface area contributed by atoms with Crippen LogP contribution in [0.15, 0.2) is 0 Å². The third-order valence-electron chi connectivity index (χ3n) is 0.611. The van der Waals surface area contributed by atoms with Crippen LogP contribution in [0.5, 0.6) is 0 Å². The summed E-state index contributed by atoms with van der Waals surface area (Å²) in [6, 6.07) is 0. The fraction of sp³-hybridized carbons (Fsp3) is 1.00. The zero-order valence-electron chi connectivity index (χ0n) is 4.41. The van der Waals surface area contributed by atoms with Crippen molar-refractivity contribution in [2.75, 3.05) is 0 Å². The number of rotatable bonds is 1. The Hall–Kier alpha value is -0.100. The minimum atomic E-state index is -5.45. The van der Waals surface area contributed by atoms with Gasteiger partial charge in [0.15, 0.2) is 0 Å². The number of hydrogen-bond donors (Lipinski definition) is 3. The molecular formula is C2H4F3O4P. The largest absolute Gasteiger partial charge is 0.426 e. The highest BCUT2D eigenvalue weighted by atomic mass is 31.2. The first-order valence-corrected chi connectivity index (χ1v) is 3.64. The predicted molar refractivity (Wildman–Crippen MR) is 24.1 cm³/mol. The molecule has 1 atom stereocenters. The van der Waals surface area contributed by atoms with Crippen molar-refractivity contribution in [3.63, 3.8) is 0 Å². The molecule has 0 aliphatic rings. The van der Waals surface area contributed by atoms with Gasteiger partial charge in [0.25, 0.3) is 5.85 Å². The summed E-state index contributed by atoms with van der Waals surface area (Å²) in [6.45, 7) is 0. The van der Waals surface area contributed by atoms with Crippen LogP contribution in [0.4, 0.5) is 13.2 Å². The van der Waals surface area contributed by atoms with Crippen molar-refractivity contribution in [2.45, 2.75) is 12.0 Å². The maximum Gasteiger partial charge on any atom is 0.426 e. The van der Waals surface area contributed by atoms with E-state index >= 15 is 0 Å². The van der Waals surface area contributed by atoms with Crippen LogP contribution in [0.3, 0.4) is 0 Å². The zero-order valence-corrected chi connectivity index (χ0v) is 5.30. The van der Waals surface area contributed by atoms with Gasteiger partial charge in [-0.1, -0.05) is 0 Å². The Kier molecular flexibility index (Phi) is 2.48. The van der Waals surface area contributed by atoms with Gasteiger partial charge in [0.1, 0.15) is 0 Å². The molecule has 0 amide bonds. The number of aliphatic hydroxyl groups is 1. The molecule has 1 unspecified atom stereocenters. The van der Waals surface area contributed by atoms with Gasteiger partial charge in [0, 0.05) is 0 Å². The summed E-state index contributed by atoms with van der Waals surface area (Å²) in [4.78, 5) is 15.5. The van der Waals surface area contributed by atoms with Crippen molar-refractivity contribution in [1.29, 1.82) is 0 Å². The molecular weight excluding hydrogens is 176 g/mol. The van der Waals surface area contributed by atoms with Crippen molar-refractivity contribution in [3.05, 3.63) is 0 Å². The molecule has 0 saturated carbocycles. The fourth-order valence-corrected chi connectivity index (χ4v) is 0.572. The average molecular weight is 180 g/mol. The van der Waals surface area contributed by atoms with Gasteiger partial charge >= 0.3 is 13.8 Å². The van der Waals surface area contributed by atoms with Crippen LogP contribution in [0, 0.1) is 0 Å². The Balaban J connectivity index is 4.39. The first-order valence-electron chi connectivity index (χ1n) is 1.95. The lowest BCUT2D eigenvalue weighted by molar-refractivity contribution is -0.181. The second-order valence-corrected chi connectivity index (χ2v) is 3.17. The molecule has 0 heterocycles. The quantitative estimate of drug-likeness (QED) is 0.498. The van der Waals surface area contributed by atoms with E-state index in [-0.39, 0.29) is 0 Å². The highest BCUT2D eigenvalue weighted by Gasteiger charge is 2.49. The van der Waals surface area contributed by atoms with E-state index in [1.54, 1.807) is 0 Å². The van der Waals surface area contributed by atoms with E-state index in [4.69, 9.17) is 14.9 Å². The number of hydrogen-bond acceptors (Lipinski definition) is 2. The molecule has 0 fully saturated rings. The summed E-state index contributed by atoms with van der Waals surface area (Å²) in [5.74, 6) is -3.57. The van der Waals surface area contributed by atoms with E-state index in [1.807, 2.05) is 0 Å². The van der Waals surface area contributed by atoms with E-state index in [1.165, 1.54) is 0 Å². The summed E-state index contributed by atoms with van der Waals surface area (Å²) in [5.41, 5.74) is 0. The van der Waals surface area contributed by atoms with Crippen LogP contribution in [0.1, 0.15) is 0 Å². The normalized spacial score (nSPS) is 17.0. The summed E-state index contributed by atoms with van der Waals surface area (Å²) < 4.78 is 43.3. The lowest BCUT2D eigenvalue weighted by Crippen LogP contribution is -2.28. The van der Waals surface area contributed by atoms with Crippen molar-refractivity contribution in [2.24, 2.45) is 0 Å². The Morgan fingerprint density at radius 3 is 1.60 bits per heavy atom. The van der Waals surface area contributed by atoms with Crippen LogP contribution >= 0.6 is 7.60 Å². The van der Waals surface area contributed by atoms with E-state index in [9.17, 15) is 17.7 Å². The first kappa shape index (κ1) is 9.90. The minimum Gasteiger partial charge on any atom is -0.373 e. The fourth-order valence-electron chi connectivity index (χ4n) is 0.191. The average Bonchev–Trinajstić information content (AvgIpc) is 1.59. The van der Waals surface area contributed by atoms with Gasteiger partial charge in [-0.15, -0.1) is 0 Å². The molecule has 0 aliphatic heterocycles. The molecule has 0 rings (SSSR count). The molecule has 0 aromatic heterocycles. The lowest BCUT2D eigenvalue weighted by Gasteiger charge is -2.14. The maximum absolute atomic E-state index is 11.2. The van der Waals surface area contributed by atoms with Gasteiger partial charge < -0.3 is 14.9 Å². The SMILES string of the molecule is O=P(O)(O)C(O)C(F)(F)F. The topological polar surface area (TPSA) is 77.8 Å². The molecule has 0 aliphatic carbocycles. The molecule has 0 saturated heterocycles. The summed E-state index contributed by atoms with van der Waals surface area (Å²) >= 11 is 0. The highest BCUT2D eigenvalue weighted by molar-refractivity contribution is 7.52. The molecule has 10 heavy (non-hydrogen) atoms. The van der Waals surface area contributed by atoms with E-state index < -0.39 is 19.6 Å². The van der Waals surface area contributed by atoms with Crippen LogP contribution in [-0.4, -0.2) is 26.9 Å². The first-order chi connectivity index (χ1) is 4.15. The van der Waals surface area contributed by atoms with Gasteiger partial charge in [0.2, 0.25) is 0 Å². The molecule has 0 aromatic carbocycles. The van der Waals surface area contributed by atoms with Crippen molar-refractivity contribution in [1.82, 2.24) is 0 Å². The maximum atomic E-state index is 11.2. The second kappa shape index (κ2) is 2.50. The van der Waals surface area contributed by atoms with E-state index in [0.717, 1.165) is 0 Å². The Labute approximate surface area is 53.4 Å². The van der Waals surface area contributed by atoms with E-state index in [0.29, 0.717) is 0 Å². The van der Waals surface area contributed by atoms with Crippen molar-refractivity contribution < 1.29 is 32.6 Å². The molecule has 62 valence electrons. The smallest absolute Gasteiger partial charge is 0.373 e. The monoisotopic (exact) mass is 180 g/mol. The predicted octanol–water partition coefficient (Wildman–Crippen LogP) is 0.0448. The van der Waals surface area contributed by atoms with Crippen molar-refractivity contribution in [3.8, 4) is 0 Å². The Bertz CT molecular complexity index is 158. The molecule has 0 bridgehead atoms. The molecule has 3 N–H and O–H groups in total. The van der Waals surface area contributed by atoms with Crippen LogP contribution < -0.4 is 0 Å². The number of halogens is 3. The van der Waals surface area contributed by atoms with Gasteiger partial charge in [0.05, 0.1) is 0 Å². The van der Waals surface area contributed by atoms with Gasteiger partial charge in [-0.25, -0.2) is 0 Å². The third-order valence-corrected chi connectivity index (χ3v) is 1.54. The molecule has 8 heteroatoms. The van der Waals surface area contributed by atoms with Gasteiger partial charge in [-0.3, -0.25) is 4.57 Å². The summed E-state index contributed by atoms with van der Waals surface area (Å²) in [5, 5.41) is 7.83. The lowest BCUT2D eigenvalue weighted by atomic mass is 10.7. The van der Waals surface area contributed by atoms with Gasteiger partial charge in [-0.05, 0) is 0 Å². The number of alkyl halides is 3. The van der Waals surface area contributed by atoms with Crippen LogP contribution in [-0.2, 0) is 4.57 Å². The summed E-state index contributed by atoms with van der Waals surface area (Å²) in [7, 11) is -5.45. The molecule has 4 nitrogen and oxygen atoms in total. The standard InChI is InChI=1S/C2H4F3O4P/c3-2(4,5)1(6)10(7,8)9/h1,6H,(H2,7,8,9). The van der Waals surface area contributed by atoms with Gasteiger partial charge in [-0.2, -0.15) is 13.2 Å². The summed E-state index contributed by atoms with van der Waals surface area (Å²) in [6.07, 6.45) is -5.26. The second-order valence-electron chi connectivity index (χ2n) is 1.50. The minimum absolute atomic E-state index is 3.57. The third kappa shape index (κ3) is 2.66. The number of aliphatic hydroxyl groups excluding tert-OH is 1. The Morgan fingerprint density at radius 1 is 1.30 bits per heavy atom. The van der Waals surface area contributed by atoms with E-state index in [2.05, 4.69) is 0 Å². The highest BCUT2D eigenvalue weighted by Crippen LogP contribution is 2.47. The van der Waals surface area contributed by atoms with Crippen molar-refractivity contribution >= 4 is 7.60 Å².